The minimum absolute atomic E-state index is 0.0752. The maximum atomic E-state index is 12.9. The number of hydrogen-bond acceptors (Lipinski definition) is 4. The Bertz CT molecular complexity index is 1210. The van der Waals surface area contributed by atoms with Crippen LogP contribution in [0.15, 0.2) is 71.8 Å². The highest BCUT2D eigenvalue weighted by atomic mass is 32.2. The van der Waals surface area contributed by atoms with Crippen LogP contribution in [0.1, 0.15) is 49.3 Å². The standard InChI is InChI=1S/C16H15FN2O.C11H16N2O2S/c1-11-9-13-3-2-8-18-15(13)10-19(11)16(20)12-4-6-14(17)7-5-12;1-11(2,3)13-16(15)10-6-4-9(5-7-10)12-8-14/h2-8,11H,9-10H2,1H3;4-8,13H,1-3H3,(H,12,14). The summed E-state index contributed by atoms with van der Waals surface area (Å²) in [5, 5.41) is 2.52. The fraction of sp³-hybridized carbons (Fsp3) is 0.296. The van der Waals surface area contributed by atoms with Crippen molar-refractivity contribution in [3.8, 4) is 0 Å². The molecule has 0 bridgehead atoms. The average molecular weight is 511 g/mol. The molecule has 1 aromatic heterocycles. The molecular weight excluding hydrogens is 479 g/mol. The van der Waals surface area contributed by atoms with E-state index in [4.69, 9.17) is 0 Å². The monoisotopic (exact) mass is 510 g/mol. The lowest BCUT2D eigenvalue weighted by molar-refractivity contribution is -0.105. The number of pyridine rings is 1. The van der Waals surface area contributed by atoms with E-state index in [-0.39, 0.29) is 23.3 Å². The largest absolute Gasteiger partial charge is 0.330 e. The number of rotatable bonds is 5. The van der Waals surface area contributed by atoms with E-state index in [2.05, 4.69) is 21.1 Å². The van der Waals surface area contributed by atoms with Gasteiger partial charge in [0.1, 0.15) is 16.8 Å². The average Bonchev–Trinajstić information content (AvgIpc) is 2.84. The molecule has 0 saturated heterocycles. The maximum absolute atomic E-state index is 12.9. The molecule has 3 aromatic rings. The zero-order valence-corrected chi connectivity index (χ0v) is 21.6. The molecule has 1 aliphatic heterocycles. The van der Waals surface area contributed by atoms with Crippen LogP contribution >= 0.6 is 0 Å². The molecule has 0 saturated carbocycles. The van der Waals surface area contributed by atoms with Gasteiger partial charge in [0.05, 0.1) is 17.1 Å². The molecular formula is C27H31FN4O3S. The zero-order chi connectivity index (χ0) is 26.3. The minimum Gasteiger partial charge on any atom is -0.330 e. The number of hydrogen-bond donors (Lipinski definition) is 2. The van der Waals surface area contributed by atoms with Crippen molar-refractivity contribution in [1.29, 1.82) is 0 Å². The molecule has 0 spiro atoms. The number of benzene rings is 2. The van der Waals surface area contributed by atoms with Crippen molar-refractivity contribution in [2.45, 2.75) is 57.1 Å². The van der Waals surface area contributed by atoms with Crippen LogP contribution in [0.25, 0.3) is 0 Å². The number of nitrogens with one attached hydrogen (secondary N) is 2. The van der Waals surface area contributed by atoms with E-state index in [1.54, 1.807) is 35.4 Å². The smallest absolute Gasteiger partial charge is 0.254 e. The van der Waals surface area contributed by atoms with Crippen LogP contribution in [-0.4, -0.2) is 38.0 Å². The van der Waals surface area contributed by atoms with Crippen molar-refractivity contribution in [3.05, 3.63) is 89.5 Å². The van der Waals surface area contributed by atoms with Crippen LogP contribution in [0.3, 0.4) is 0 Å². The number of carbonyl (C=O) groups is 2. The molecule has 2 atom stereocenters. The summed E-state index contributed by atoms with van der Waals surface area (Å²) in [6.07, 6.45) is 3.16. The molecule has 2 N–H and O–H groups in total. The highest BCUT2D eigenvalue weighted by Gasteiger charge is 2.28. The molecule has 0 aliphatic carbocycles. The van der Waals surface area contributed by atoms with Crippen LogP contribution < -0.4 is 10.0 Å². The van der Waals surface area contributed by atoms with Crippen molar-refractivity contribution in [3.63, 3.8) is 0 Å². The number of halogens is 1. The van der Waals surface area contributed by atoms with Crippen molar-refractivity contribution in [2.75, 3.05) is 5.32 Å². The molecule has 36 heavy (non-hydrogen) atoms. The molecule has 9 heteroatoms. The lowest BCUT2D eigenvalue weighted by Gasteiger charge is -2.34. The first-order valence-corrected chi connectivity index (χ1v) is 12.7. The van der Waals surface area contributed by atoms with Crippen LogP contribution in [0.2, 0.25) is 0 Å². The SMILES string of the molecule is CC(C)(C)NS(=O)c1ccc(NC=O)cc1.CC1Cc2cccnc2CN1C(=O)c1ccc(F)cc1. The first-order valence-electron chi connectivity index (χ1n) is 11.6. The predicted molar refractivity (Wildman–Crippen MR) is 139 cm³/mol. The minimum atomic E-state index is -1.23. The molecule has 0 radical (unpaired) electrons. The summed E-state index contributed by atoms with van der Waals surface area (Å²) in [5.41, 5.74) is 3.14. The van der Waals surface area contributed by atoms with Crippen molar-refractivity contribution in [1.82, 2.24) is 14.6 Å². The van der Waals surface area contributed by atoms with E-state index in [9.17, 15) is 18.2 Å². The lowest BCUT2D eigenvalue weighted by Crippen LogP contribution is -2.42. The summed E-state index contributed by atoms with van der Waals surface area (Å²) < 4.78 is 27.7. The van der Waals surface area contributed by atoms with Gasteiger partial charge < -0.3 is 10.2 Å². The number of nitrogens with zero attached hydrogens (tertiary/aromatic N) is 2. The summed E-state index contributed by atoms with van der Waals surface area (Å²) in [6, 6.07) is 16.6. The number of carbonyl (C=O) groups excluding carboxylic acids is 2. The molecule has 2 unspecified atom stereocenters. The quantitative estimate of drug-likeness (QED) is 0.496. The summed E-state index contributed by atoms with van der Waals surface area (Å²) >= 11 is 0. The fourth-order valence-electron chi connectivity index (χ4n) is 3.66. The highest BCUT2D eigenvalue weighted by Crippen LogP contribution is 2.23. The summed E-state index contributed by atoms with van der Waals surface area (Å²) in [6.45, 7) is 8.39. The van der Waals surface area contributed by atoms with Gasteiger partial charge in [0.25, 0.3) is 5.91 Å². The van der Waals surface area contributed by atoms with Crippen LogP contribution in [0.5, 0.6) is 0 Å². The summed E-state index contributed by atoms with van der Waals surface area (Å²) in [7, 11) is -1.23. The normalized spacial score (nSPS) is 15.7. The summed E-state index contributed by atoms with van der Waals surface area (Å²) in [4.78, 5) is 29.5. The van der Waals surface area contributed by atoms with E-state index in [0.29, 0.717) is 29.1 Å². The van der Waals surface area contributed by atoms with E-state index in [1.165, 1.54) is 29.8 Å². The molecule has 0 fully saturated rings. The maximum Gasteiger partial charge on any atom is 0.254 e. The lowest BCUT2D eigenvalue weighted by atomic mass is 9.98. The Morgan fingerprint density at radius 2 is 1.78 bits per heavy atom. The van der Waals surface area contributed by atoms with Crippen LogP contribution in [-0.2, 0) is 28.7 Å². The molecule has 2 aromatic carbocycles. The molecule has 7 nitrogen and oxygen atoms in total. The number of amides is 2. The Morgan fingerprint density at radius 1 is 1.11 bits per heavy atom. The van der Waals surface area contributed by atoms with E-state index < -0.39 is 11.0 Å². The van der Waals surface area contributed by atoms with Gasteiger partial charge in [-0.15, -0.1) is 0 Å². The van der Waals surface area contributed by atoms with Crippen molar-refractivity contribution >= 4 is 29.0 Å². The Hall–Kier alpha value is -3.43. The molecule has 2 amide bonds. The third kappa shape index (κ3) is 7.53. The van der Waals surface area contributed by atoms with Crippen molar-refractivity contribution in [2.24, 2.45) is 0 Å². The van der Waals surface area contributed by atoms with E-state index in [0.717, 1.165) is 12.1 Å². The molecule has 2 heterocycles. The fourth-order valence-corrected chi connectivity index (χ4v) is 4.71. The molecule has 4 rings (SSSR count). The van der Waals surface area contributed by atoms with Crippen molar-refractivity contribution < 1.29 is 18.2 Å². The Morgan fingerprint density at radius 3 is 2.39 bits per heavy atom. The molecule has 1 aliphatic rings. The van der Waals surface area contributed by atoms with Gasteiger partial charge >= 0.3 is 0 Å². The summed E-state index contributed by atoms with van der Waals surface area (Å²) in [5.74, 6) is -0.408. The second-order valence-electron chi connectivity index (χ2n) is 9.51. The van der Waals surface area contributed by atoms with E-state index in [1.807, 2.05) is 33.8 Å². The van der Waals surface area contributed by atoms with Gasteiger partial charge in [0.15, 0.2) is 0 Å². The van der Waals surface area contributed by atoms with Gasteiger partial charge in [-0.3, -0.25) is 14.6 Å². The second-order valence-corrected chi connectivity index (χ2v) is 10.7. The zero-order valence-electron chi connectivity index (χ0n) is 20.8. The first kappa shape index (κ1) is 27.2. The first-order chi connectivity index (χ1) is 17.1. The third-order valence-electron chi connectivity index (χ3n) is 5.40. The molecule has 190 valence electrons. The Kier molecular flexibility index (Phi) is 9.06. The Balaban J connectivity index is 0.000000207. The van der Waals surface area contributed by atoms with Gasteiger partial charge in [0, 0.05) is 29.0 Å². The number of aromatic nitrogens is 1. The topological polar surface area (TPSA) is 91.4 Å². The van der Waals surface area contributed by atoms with Crippen LogP contribution in [0, 0.1) is 5.82 Å². The Labute approximate surface area is 213 Å². The van der Waals surface area contributed by atoms with Gasteiger partial charge in [0.2, 0.25) is 6.41 Å². The van der Waals surface area contributed by atoms with Gasteiger partial charge in [-0.1, -0.05) is 6.07 Å². The number of anilines is 1. The van der Waals surface area contributed by atoms with Gasteiger partial charge in [-0.2, -0.15) is 0 Å². The van der Waals surface area contributed by atoms with Crippen LogP contribution in [0.4, 0.5) is 10.1 Å². The van der Waals surface area contributed by atoms with Gasteiger partial charge in [-0.05, 0) is 94.3 Å². The van der Waals surface area contributed by atoms with E-state index >= 15 is 0 Å². The van der Waals surface area contributed by atoms with Gasteiger partial charge in [-0.25, -0.2) is 13.3 Å². The second kappa shape index (κ2) is 12.0. The highest BCUT2D eigenvalue weighted by molar-refractivity contribution is 7.83. The predicted octanol–water partition coefficient (Wildman–Crippen LogP) is 4.47. The number of fused-ring (bicyclic) bond motifs is 1. The third-order valence-corrected chi connectivity index (χ3v) is 6.90.